The first-order valence-corrected chi connectivity index (χ1v) is 5.56. The summed E-state index contributed by atoms with van der Waals surface area (Å²) < 4.78 is 5.40. The van der Waals surface area contributed by atoms with Crippen LogP contribution in [0, 0.1) is 5.92 Å². The van der Waals surface area contributed by atoms with Crippen LogP contribution in [0.25, 0.3) is 0 Å². The number of amides is 1. The number of hydrogen-bond donors (Lipinski definition) is 1. The van der Waals surface area contributed by atoms with E-state index in [-0.39, 0.29) is 16.8 Å². The molecule has 3 atom stereocenters. The molecule has 1 fully saturated rings. The Balaban J connectivity index is 2.22. The summed E-state index contributed by atoms with van der Waals surface area (Å²) in [5.74, 6) is 0.536. The van der Waals surface area contributed by atoms with Crippen LogP contribution < -0.4 is 5.32 Å². The van der Waals surface area contributed by atoms with Crippen LogP contribution in [0.5, 0.6) is 0 Å². The highest BCUT2D eigenvalue weighted by molar-refractivity contribution is 9.10. The second-order valence-corrected chi connectivity index (χ2v) is 4.86. The predicted octanol–water partition coefficient (Wildman–Crippen LogP) is 1.31. The van der Waals surface area contributed by atoms with Crippen molar-refractivity contribution < 1.29 is 9.53 Å². The van der Waals surface area contributed by atoms with Crippen molar-refractivity contribution >= 4 is 21.8 Å². The van der Waals surface area contributed by atoms with Gasteiger partial charge in [-0.05, 0) is 20.3 Å². The number of rotatable bonds is 3. The maximum Gasteiger partial charge on any atom is 0.233 e. The zero-order valence-corrected chi connectivity index (χ0v) is 9.63. The van der Waals surface area contributed by atoms with Crippen LogP contribution in [0.4, 0.5) is 0 Å². The molecule has 0 saturated carbocycles. The van der Waals surface area contributed by atoms with E-state index in [1.54, 1.807) is 0 Å². The van der Waals surface area contributed by atoms with Gasteiger partial charge in [0, 0.05) is 19.1 Å². The Hall–Kier alpha value is -0.0900. The molecule has 4 heteroatoms. The summed E-state index contributed by atoms with van der Waals surface area (Å²) in [7, 11) is 0. The summed E-state index contributed by atoms with van der Waals surface area (Å²) in [6.45, 7) is 5.44. The molecule has 3 unspecified atom stereocenters. The summed E-state index contributed by atoms with van der Waals surface area (Å²) in [6.07, 6.45) is 1.34. The molecule has 0 spiro atoms. The molecule has 0 aliphatic carbocycles. The van der Waals surface area contributed by atoms with Crippen LogP contribution in [-0.2, 0) is 9.53 Å². The van der Waals surface area contributed by atoms with E-state index >= 15 is 0 Å². The molecule has 0 radical (unpaired) electrons. The SMILES string of the molecule is CC(Br)C(=O)NCC1CCOC1C. The monoisotopic (exact) mass is 249 g/mol. The predicted molar refractivity (Wildman–Crippen MR) is 54.9 cm³/mol. The number of alkyl halides is 1. The van der Waals surface area contributed by atoms with Gasteiger partial charge in [-0.15, -0.1) is 0 Å². The molecule has 0 aromatic rings. The van der Waals surface area contributed by atoms with Gasteiger partial charge in [0.05, 0.1) is 10.9 Å². The minimum atomic E-state index is -0.106. The number of carbonyl (C=O) groups is 1. The van der Waals surface area contributed by atoms with Crippen molar-refractivity contribution in [3.05, 3.63) is 0 Å². The highest BCUT2D eigenvalue weighted by Gasteiger charge is 2.24. The zero-order chi connectivity index (χ0) is 9.84. The number of hydrogen-bond acceptors (Lipinski definition) is 2. The first-order chi connectivity index (χ1) is 6.11. The fourth-order valence-corrected chi connectivity index (χ4v) is 1.58. The van der Waals surface area contributed by atoms with Crippen molar-refractivity contribution in [3.63, 3.8) is 0 Å². The van der Waals surface area contributed by atoms with Crippen molar-refractivity contribution in [2.75, 3.05) is 13.2 Å². The highest BCUT2D eigenvalue weighted by Crippen LogP contribution is 2.19. The fraction of sp³-hybridized carbons (Fsp3) is 0.889. The summed E-state index contributed by atoms with van der Waals surface area (Å²) >= 11 is 3.22. The molecule has 1 aliphatic rings. The first-order valence-electron chi connectivity index (χ1n) is 4.64. The minimum absolute atomic E-state index is 0.0547. The van der Waals surface area contributed by atoms with Gasteiger partial charge in [0.25, 0.3) is 0 Å². The second kappa shape index (κ2) is 4.96. The van der Waals surface area contributed by atoms with Crippen molar-refractivity contribution in [3.8, 4) is 0 Å². The van der Waals surface area contributed by atoms with E-state index in [4.69, 9.17) is 4.74 Å². The summed E-state index contributed by atoms with van der Waals surface area (Å²) in [5, 5.41) is 2.89. The Morgan fingerprint density at radius 1 is 1.77 bits per heavy atom. The van der Waals surface area contributed by atoms with Crippen LogP contribution in [0.1, 0.15) is 20.3 Å². The largest absolute Gasteiger partial charge is 0.378 e. The lowest BCUT2D eigenvalue weighted by Gasteiger charge is -2.15. The fourth-order valence-electron chi connectivity index (χ4n) is 1.42. The Morgan fingerprint density at radius 3 is 2.92 bits per heavy atom. The molecule has 1 heterocycles. The number of halogens is 1. The third-order valence-corrected chi connectivity index (χ3v) is 2.85. The number of nitrogens with one attached hydrogen (secondary N) is 1. The van der Waals surface area contributed by atoms with E-state index in [0.717, 1.165) is 19.6 Å². The molecule has 1 N–H and O–H groups in total. The van der Waals surface area contributed by atoms with Gasteiger partial charge in [-0.3, -0.25) is 4.79 Å². The van der Waals surface area contributed by atoms with Crippen LogP contribution in [0.2, 0.25) is 0 Å². The molecule has 0 aromatic heterocycles. The molecule has 0 aromatic carbocycles. The van der Waals surface area contributed by atoms with Gasteiger partial charge in [-0.1, -0.05) is 15.9 Å². The van der Waals surface area contributed by atoms with E-state index in [0.29, 0.717) is 5.92 Å². The maximum atomic E-state index is 11.2. The molecule has 1 rings (SSSR count). The topological polar surface area (TPSA) is 38.3 Å². The van der Waals surface area contributed by atoms with Gasteiger partial charge in [-0.25, -0.2) is 0 Å². The Labute approximate surface area is 87.3 Å². The Morgan fingerprint density at radius 2 is 2.46 bits per heavy atom. The van der Waals surface area contributed by atoms with Crippen LogP contribution in [0.3, 0.4) is 0 Å². The van der Waals surface area contributed by atoms with E-state index in [1.807, 2.05) is 6.92 Å². The quantitative estimate of drug-likeness (QED) is 0.767. The molecule has 1 aliphatic heterocycles. The summed E-state index contributed by atoms with van der Waals surface area (Å²) in [4.78, 5) is 11.1. The van der Waals surface area contributed by atoms with Crippen LogP contribution >= 0.6 is 15.9 Å². The third-order valence-electron chi connectivity index (χ3n) is 2.43. The van der Waals surface area contributed by atoms with Crippen molar-refractivity contribution in [2.45, 2.75) is 31.2 Å². The minimum Gasteiger partial charge on any atom is -0.378 e. The van der Waals surface area contributed by atoms with E-state index in [2.05, 4.69) is 28.2 Å². The molecular formula is C9H16BrNO2. The molecule has 76 valence electrons. The van der Waals surface area contributed by atoms with Crippen molar-refractivity contribution in [2.24, 2.45) is 5.92 Å². The van der Waals surface area contributed by atoms with Gasteiger partial charge < -0.3 is 10.1 Å². The molecule has 13 heavy (non-hydrogen) atoms. The normalized spacial score (nSPS) is 30.1. The average Bonchev–Trinajstić information content (AvgIpc) is 2.47. The van der Waals surface area contributed by atoms with Gasteiger partial charge in [0.2, 0.25) is 5.91 Å². The molecule has 0 bridgehead atoms. The van der Waals surface area contributed by atoms with Crippen LogP contribution in [-0.4, -0.2) is 30.0 Å². The van der Waals surface area contributed by atoms with Gasteiger partial charge in [0.1, 0.15) is 0 Å². The Kier molecular flexibility index (Phi) is 4.19. The van der Waals surface area contributed by atoms with Crippen LogP contribution in [0.15, 0.2) is 0 Å². The standard InChI is InChI=1S/C9H16BrNO2/c1-6(10)9(12)11-5-8-3-4-13-7(8)2/h6-8H,3-5H2,1-2H3,(H,11,12). The lowest BCUT2D eigenvalue weighted by Crippen LogP contribution is -2.35. The van der Waals surface area contributed by atoms with E-state index in [1.165, 1.54) is 0 Å². The lowest BCUT2D eigenvalue weighted by atomic mass is 10.0. The average molecular weight is 250 g/mol. The summed E-state index contributed by atoms with van der Waals surface area (Å²) in [5.41, 5.74) is 0. The first kappa shape index (κ1) is 11.0. The lowest BCUT2D eigenvalue weighted by molar-refractivity contribution is -0.120. The van der Waals surface area contributed by atoms with Crippen molar-refractivity contribution in [1.29, 1.82) is 0 Å². The van der Waals surface area contributed by atoms with Gasteiger partial charge in [-0.2, -0.15) is 0 Å². The second-order valence-electron chi connectivity index (χ2n) is 3.49. The number of carbonyl (C=O) groups excluding carboxylic acids is 1. The number of ether oxygens (including phenoxy) is 1. The highest BCUT2D eigenvalue weighted by atomic mass is 79.9. The molecule has 1 saturated heterocycles. The smallest absolute Gasteiger partial charge is 0.233 e. The summed E-state index contributed by atoms with van der Waals surface area (Å²) in [6, 6.07) is 0. The zero-order valence-electron chi connectivity index (χ0n) is 8.05. The molecule has 1 amide bonds. The molecular weight excluding hydrogens is 234 g/mol. The third kappa shape index (κ3) is 3.27. The van der Waals surface area contributed by atoms with Gasteiger partial charge in [0.15, 0.2) is 0 Å². The van der Waals surface area contributed by atoms with E-state index in [9.17, 15) is 4.79 Å². The van der Waals surface area contributed by atoms with Gasteiger partial charge >= 0.3 is 0 Å². The van der Waals surface area contributed by atoms with Crippen molar-refractivity contribution in [1.82, 2.24) is 5.32 Å². The molecule has 3 nitrogen and oxygen atoms in total. The Bertz CT molecular complexity index is 184. The maximum absolute atomic E-state index is 11.2. The van der Waals surface area contributed by atoms with E-state index < -0.39 is 0 Å².